The van der Waals surface area contributed by atoms with Gasteiger partial charge in [0.05, 0.1) is 10.2 Å². The van der Waals surface area contributed by atoms with Gasteiger partial charge in [-0.05, 0) is 40.8 Å². The third-order valence-electron chi connectivity index (χ3n) is 2.99. The minimum absolute atomic E-state index is 0.0136. The van der Waals surface area contributed by atoms with Gasteiger partial charge in [0.25, 0.3) is 5.91 Å². The topological polar surface area (TPSA) is 95.9 Å². The van der Waals surface area contributed by atoms with Gasteiger partial charge in [0.15, 0.2) is 5.54 Å². The average molecular weight is 377 g/mol. The van der Waals surface area contributed by atoms with Crippen LogP contribution in [0.5, 0.6) is 5.75 Å². The van der Waals surface area contributed by atoms with E-state index in [0.29, 0.717) is 10.2 Å². The van der Waals surface area contributed by atoms with E-state index < -0.39 is 17.4 Å². The highest BCUT2D eigenvalue weighted by atomic mass is 127. The quantitative estimate of drug-likeness (QED) is 0.683. The molecule has 7 heteroatoms. The summed E-state index contributed by atoms with van der Waals surface area (Å²) in [7, 11) is 0. The summed E-state index contributed by atoms with van der Waals surface area (Å²) in [6.07, 6.45) is 0.227. The van der Waals surface area contributed by atoms with Gasteiger partial charge in [-0.15, -0.1) is 0 Å². The van der Waals surface area contributed by atoms with Crippen LogP contribution in [0.2, 0.25) is 0 Å². The van der Waals surface area contributed by atoms with E-state index >= 15 is 0 Å². The minimum atomic E-state index is -1.38. The zero-order valence-corrected chi connectivity index (χ0v) is 12.0. The number of phenols is 1. The molecule has 1 saturated heterocycles. The lowest BCUT2D eigenvalue weighted by atomic mass is 9.98. The maximum Gasteiger partial charge on any atom is 0.331 e. The van der Waals surface area contributed by atoms with Crippen LogP contribution in [-0.4, -0.2) is 40.8 Å². The molecule has 6 nitrogen and oxygen atoms in total. The summed E-state index contributed by atoms with van der Waals surface area (Å²) in [6.45, 7) is 0.245. The molecule has 0 bridgehead atoms. The number of amides is 1. The second-order valence-electron chi connectivity index (χ2n) is 4.31. The summed E-state index contributed by atoms with van der Waals surface area (Å²) < 4.78 is 5.67. The number of aromatic hydroxyl groups is 1. The molecule has 0 radical (unpaired) electrons. The third kappa shape index (κ3) is 2.81. The van der Waals surface area contributed by atoms with Crippen LogP contribution in [-0.2, 0) is 9.53 Å². The van der Waals surface area contributed by atoms with Crippen molar-refractivity contribution in [2.24, 2.45) is 0 Å². The van der Waals surface area contributed by atoms with Gasteiger partial charge in [0.1, 0.15) is 5.75 Å². The Bertz CT molecular complexity index is 525. The number of rotatable bonds is 3. The molecular formula is C12H12INO5. The van der Waals surface area contributed by atoms with Crippen LogP contribution in [0.25, 0.3) is 0 Å². The van der Waals surface area contributed by atoms with Crippen LogP contribution < -0.4 is 5.32 Å². The van der Waals surface area contributed by atoms with Crippen molar-refractivity contribution < 1.29 is 24.5 Å². The van der Waals surface area contributed by atoms with E-state index in [-0.39, 0.29) is 24.3 Å². The third-order valence-corrected chi connectivity index (χ3v) is 3.90. The van der Waals surface area contributed by atoms with Gasteiger partial charge in [-0.2, -0.15) is 0 Å². The van der Waals surface area contributed by atoms with E-state index in [9.17, 15) is 19.8 Å². The fraction of sp³-hybridized carbons (Fsp3) is 0.333. The van der Waals surface area contributed by atoms with Crippen molar-refractivity contribution in [1.82, 2.24) is 5.32 Å². The van der Waals surface area contributed by atoms with E-state index in [4.69, 9.17) is 4.74 Å². The van der Waals surface area contributed by atoms with Crippen LogP contribution in [0, 0.1) is 3.57 Å². The molecule has 19 heavy (non-hydrogen) atoms. The average Bonchev–Trinajstić information content (AvgIpc) is 2.82. The molecule has 3 N–H and O–H groups in total. The van der Waals surface area contributed by atoms with Gasteiger partial charge in [0.2, 0.25) is 0 Å². The molecule has 1 amide bonds. The Morgan fingerprint density at radius 3 is 2.68 bits per heavy atom. The summed E-state index contributed by atoms with van der Waals surface area (Å²) in [5.41, 5.74) is -1.17. The van der Waals surface area contributed by atoms with Crippen molar-refractivity contribution in [3.8, 4) is 5.75 Å². The molecule has 1 aliphatic rings. The monoisotopic (exact) mass is 377 g/mol. The summed E-state index contributed by atoms with van der Waals surface area (Å²) in [6, 6.07) is 4.42. The number of hydrogen-bond acceptors (Lipinski definition) is 4. The number of hydrogen-bond donors (Lipinski definition) is 3. The Morgan fingerprint density at radius 2 is 2.16 bits per heavy atom. The van der Waals surface area contributed by atoms with Crippen molar-refractivity contribution in [1.29, 1.82) is 0 Å². The highest BCUT2D eigenvalue weighted by Crippen LogP contribution is 2.23. The molecule has 1 aromatic carbocycles. The first-order valence-corrected chi connectivity index (χ1v) is 6.65. The van der Waals surface area contributed by atoms with E-state index in [1.807, 2.05) is 22.6 Å². The Labute approximate surface area is 122 Å². The SMILES string of the molecule is O=C(NC1(C(=O)O)CCOC1)c1ccc(I)c(O)c1. The zero-order valence-electron chi connectivity index (χ0n) is 9.85. The summed E-state index contributed by atoms with van der Waals surface area (Å²) in [5, 5.41) is 21.2. The molecule has 2 rings (SSSR count). The highest BCUT2D eigenvalue weighted by molar-refractivity contribution is 14.1. The number of nitrogens with one attached hydrogen (secondary N) is 1. The molecule has 1 aromatic rings. The Hall–Kier alpha value is -1.35. The molecule has 0 saturated carbocycles. The van der Waals surface area contributed by atoms with Gasteiger partial charge >= 0.3 is 5.97 Å². The summed E-state index contributed by atoms with van der Waals surface area (Å²) in [4.78, 5) is 23.3. The second kappa shape index (κ2) is 5.33. The first kappa shape index (κ1) is 14.1. The smallest absolute Gasteiger partial charge is 0.331 e. The van der Waals surface area contributed by atoms with Crippen LogP contribution in [0.1, 0.15) is 16.8 Å². The van der Waals surface area contributed by atoms with Crippen molar-refractivity contribution in [2.75, 3.05) is 13.2 Å². The number of halogens is 1. The van der Waals surface area contributed by atoms with E-state index in [1.54, 1.807) is 6.07 Å². The number of carboxylic acids is 1. The predicted molar refractivity (Wildman–Crippen MR) is 74.1 cm³/mol. The molecule has 1 unspecified atom stereocenters. The van der Waals surface area contributed by atoms with Crippen LogP contribution in [0.15, 0.2) is 18.2 Å². The fourth-order valence-corrected chi connectivity index (χ4v) is 2.16. The number of carboxylic acid groups (broad SMARTS) is 1. The lowest BCUT2D eigenvalue weighted by molar-refractivity contribution is -0.144. The number of phenolic OH excluding ortho intramolecular Hbond substituents is 1. The zero-order chi connectivity index (χ0) is 14.0. The lowest BCUT2D eigenvalue weighted by Gasteiger charge is -2.23. The van der Waals surface area contributed by atoms with E-state index in [1.165, 1.54) is 12.1 Å². The molecule has 0 aliphatic carbocycles. The Balaban J connectivity index is 2.20. The largest absolute Gasteiger partial charge is 0.507 e. The maximum atomic E-state index is 12.0. The molecular weight excluding hydrogens is 365 g/mol. The van der Waals surface area contributed by atoms with Gasteiger partial charge in [-0.1, -0.05) is 0 Å². The lowest BCUT2D eigenvalue weighted by Crippen LogP contribution is -2.55. The highest BCUT2D eigenvalue weighted by Gasteiger charge is 2.44. The first-order chi connectivity index (χ1) is 8.94. The molecule has 1 heterocycles. The van der Waals surface area contributed by atoms with Crippen molar-refractivity contribution in [3.63, 3.8) is 0 Å². The number of ether oxygens (including phenoxy) is 1. The Kier molecular flexibility index (Phi) is 3.95. The van der Waals surface area contributed by atoms with Gasteiger partial charge < -0.3 is 20.3 Å². The molecule has 0 spiro atoms. The van der Waals surface area contributed by atoms with Crippen LogP contribution >= 0.6 is 22.6 Å². The van der Waals surface area contributed by atoms with Gasteiger partial charge in [-0.3, -0.25) is 4.79 Å². The van der Waals surface area contributed by atoms with Crippen molar-refractivity contribution >= 4 is 34.5 Å². The number of carbonyl (C=O) groups is 2. The maximum absolute atomic E-state index is 12.0. The van der Waals surface area contributed by atoms with Crippen LogP contribution in [0.4, 0.5) is 0 Å². The normalized spacial score (nSPS) is 22.2. The van der Waals surface area contributed by atoms with Crippen molar-refractivity contribution in [2.45, 2.75) is 12.0 Å². The molecule has 1 aliphatic heterocycles. The van der Waals surface area contributed by atoms with Crippen LogP contribution in [0.3, 0.4) is 0 Å². The number of benzene rings is 1. The first-order valence-electron chi connectivity index (χ1n) is 5.57. The fourth-order valence-electron chi connectivity index (χ4n) is 1.83. The molecule has 1 atom stereocenters. The van der Waals surface area contributed by atoms with Gasteiger partial charge in [0, 0.05) is 18.6 Å². The molecule has 0 aromatic heterocycles. The number of carbonyl (C=O) groups excluding carboxylic acids is 1. The summed E-state index contributed by atoms with van der Waals surface area (Å²) >= 11 is 1.93. The number of aliphatic carboxylic acids is 1. The second-order valence-corrected chi connectivity index (χ2v) is 5.47. The van der Waals surface area contributed by atoms with E-state index in [2.05, 4.69) is 5.32 Å². The summed E-state index contributed by atoms with van der Waals surface area (Å²) in [5.74, 6) is -1.67. The molecule has 102 valence electrons. The molecule has 1 fully saturated rings. The predicted octanol–water partition coefficient (Wildman–Crippen LogP) is 0.970. The van der Waals surface area contributed by atoms with Crippen molar-refractivity contribution in [3.05, 3.63) is 27.3 Å². The van der Waals surface area contributed by atoms with Gasteiger partial charge in [-0.25, -0.2) is 4.79 Å². The Morgan fingerprint density at radius 1 is 1.42 bits per heavy atom. The minimum Gasteiger partial charge on any atom is -0.507 e. The standard InChI is InChI=1S/C12H12INO5/c13-8-2-1-7(5-9(8)15)10(16)14-12(11(17)18)3-4-19-6-12/h1-2,5,15H,3-4,6H2,(H,14,16)(H,17,18). The van der Waals surface area contributed by atoms with E-state index in [0.717, 1.165) is 0 Å².